The Morgan fingerprint density at radius 1 is 1.59 bits per heavy atom. The molecule has 2 atom stereocenters. The summed E-state index contributed by atoms with van der Waals surface area (Å²) in [6, 6.07) is 4.69. The summed E-state index contributed by atoms with van der Waals surface area (Å²) in [6.07, 6.45) is 0.752. The molecule has 1 rings (SSSR count). The number of carbonyl (C=O) groups is 1. The number of phenolic OH excluding ortho intramolecular Hbond substituents is 1. The highest BCUT2D eigenvalue weighted by Gasteiger charge is 2.18. The normalized spacial score (nSPS) is 14.3. The van der Waals surface area contributed by atoms with Gasteiger partial charge in [0.15, 0.2) is 0 Å². The molecule has 2 unspecified atom stereocenters. The highest BCUT2D eigenvalue weighted by molar-refractivity contribution is 9.10. The number of aromatic hydroxyl groups is 1. The van der Waals surface area contributed by atoms with Crippen LogP contribution in [0.4, 0.5) is 0 Å². The Bertz CT molecular complexity index is 409. The molecule has 0 fully saturated rings. The van der Waals surface area contributed by atoms with E-state index in [1.54, 1.807) is 19.1 Å². The zero-order chi connectivity index (χ0) is 13.0. The monoisotopic (exact) mass is 300 g/mol. The van der Waals surface area contributed by atoms with Gasteiger partial charge >= 0.3 is 0 Å². The molecule has 5 heteroatoms. The predicted molar refractivity (Wildman–Crippen MR) is 70.6 cm³/mol. The van der Waals surface area contributed by atoms with Crippen LogP contribution < -0.4 is 11.1 Å². The Morgan fingerprint density at radius 3 is 2.76 bits per heavy atom. The number of hydrogen-bond donors (Lipinski definition) is 3. The van der Waals surface area contributed by atoms with Gasteiger partial charge in [0.05, 0.1) is 6.04 Å². The van der Waals surface area contributed by atoms with Crippen molar-refractivity contribution in [1.82, 2.24) is 5.32 Å². The van der Waals surface area contributed by atoms with Crippen molar-refractivity contribution in [3.8, 4) is 5.75 Å². The Balaban J connectivity index is 2.93. The third kappa shape index (κ3) is 3.71. The van der Waals surface area contributed by atoms with Crippen molar-refractivity contribution in [1.29, 1.82) is 0 Å². The van der Waals surface area contributed by atoms with Crippen LogP contribution >= 0.6 is 15.9 Å². The lowest BCUT2D eigenvalue weighted by atomic mass is 10.0. The molecule has 94 valence electrons. The number of carbonyl (C=O) groups excluding carboxylic acids is 1. The molecule has 1 aromatic rings. The summed E-state index contributed by atoms with van der Waals surface area (Å²) in [7, 11) is 0. The molecule has 0 spiro atoms. The van der Waals surface area contributed by atoms with Crippen molar-refractivity contribution in [3.63, 3.8) is 0 Å². The molecule has 0 aliphatic rings. The van der Waals surface area contributed by atoms with Gasteiger partial charge in [0.25, 0.3) is 0 Å². The summed E-state index contributed by atoms with van der Waals surface area (Å²) in [5.74, 6) is -0.192. The minimum absolute atomic E-state index is 0.102. The second-order valence-corrected chi connectivity index (χ2v) is 4.87. The van der Waals surface area contributed by atoms with Gasteiger partial charge < -0.3 is 10.8 Å². The number of halogens is 1. The van der Waals surface area contributed by atoms with E-state index in [0.29, 0.717) is 0 Å². The molecule has 0 aliphatic heterocycles. The first-order valence-corrected chi connectivity index (χ1v) is 6.28. The Morgan fingerprint density at radius 2 is 2.24 bits per heavy atom. The van der Waals surface area contributed by atoms with Crippen LogP contribution in [0.1, 0.15) is 31.9 Å². The Kier molecular flexibility index (Phi) is 4.96. The van der Waals surface area contributed by atoms with Gasteiger partial charge in [0.2, 0.25) is 5.91 Å². The average Bonchev–Trinajstić information content (AvgIpc) is 2.29. The van der Waals surface area contributed by atoms with Crippen LogP contribution in [-0.4, -0.2) is 17.1 Å². The maximum Gasteiger partial charge on any atom is 0.234 e. The summed E-state index contributed by atoms with van der Waals surface area (Å²) in [6.45, 7) is 3.69. The molecule has 4 nitrogen and oxygen atoms in total. The second-order valence-electron chi connectivity index (χ2n) is 3.95. The van der Waals surface area contributed by atoms with Crippen molar-refractivity contribution < 1.29 is 9.90 Å². The number of amides is 1. The first-order valence-electron chi connectivity index (χ1n) is 5.49. The van der Waals surface area contributed by atoms with Crippen molar-refractivity contribution in [2.45, 2.75) is 32.4 Å². The summed E-state index contributed by atoms with van der Waals surface area (Å²) >= 11 is 3.36. The van der Waals surface area contributed by atoms with Crippen molar-refractivity contribution in [3.05, 3.63) is 28.2 Å². The lowest BCUT2D eigenvalue weighted by Crippen LogP contribution is -2.40. The molecule has 0 aromatic heterocycles. The van der Waals surface area contributed by atoms with E-state index in [0.717, 1.165) is 16.5 Å². The van der Waals surface area contributed by atoms with Gasteiger partial charge in [-0.15, -0.1) is 0 Å². The van der Waals surface area contributed by atoms with E-state index in [2.05, 4.69) is 21.2 Å². The van der Waals surface area contributed by atoms with Crippen LogP contribution in [0.25, 0.3) is 0 Å². The zero-order valence-electron chi connectivity index (χ0n) is 9.90. The summed E-state index contributed by atoms with van der Waals surface area (Å²) in [4.78, 5) is 11.0. The summed E-state index contributed by atoms with van der Waals surface area (Å²) in [5, 5.41) is 12.9. The molecule has 0 heterocycles. The van der Waals surface area contributed by atoms with Gasteiger partial charge in [-0.2, -0.15) is 0 Å². The predicted octanol–water partition coefficient (Wildman–Crippen LogP) is 2.07. The van der Waals surface area contributed by atoms with E-state index in [9.17, 15) is 9.90 Å². The number of rotatable bonds is 5. The Labute approximate surface area is 109 Å². The number of hydrogen-bond acceptors (Lipinski definition) is 3. The third-order valence-electron chi connectivity index (χ3n) is 2.65. The summed E-state index contributed by atoms with van der Waals surface area (Å²) in [5.41, 5.74) is 5.97. The zero-order valence-corrected chi connectivity index (χ0v) is 11.5. The standard InChI is InChI=1S/C12H17BrN2O2/c1-3-10(15-7(2)12(14)17)9-6-8(13)4-5-11(9)16/h4-7,10,15-16H,3H2,1-2H3,(H2,14,17). The average molecular weight is 301 g/mol. The maximum absolute atomic E-state index is 11.0. The van der Waals surface area contributed by atoms with Crippen LogP contribution in [0.5, 0.6) is 5.75 Å². The van der Waals surface area contributed by atoms with E-state index in [1.807, 2.05) is 13.0 Å². The van der Waals surface area contributed by atoms with Gasteiger partial charge in [-0.05, 0) is 31.5 Å². The largest absolute Gasteiger partial charge is 0.508 e. The highest BCUT2D eigenvalue weighted by atomic mass is 79.9. The molecule has 0 aliphatic carbocycles. The lowest BCUT2D eigenvalue weighted by Gasteiger charge is -2.21. The molecule has 0 radical (unpaired) electrons. The van der Waals surface area contributed by atoms with Gasteiger partial charge in [0.1, 0.15) is 5.75 Å². The van der Waals surface area contributed by atoms with Crippen molar-refractivity contribution >= 4 is 21.8 Å². The fourth-order valence-corrected chi connectivity index (χ4v) is 1.99. The maximum atomic E-state index is 11.0. The quantitative estimate of drug-likeness (QED) is 0.779. The van der Waals surface area contributed by atoms with E-state index in [4.69, 9.17) is 5.73 Å². The van der Waals surface area contributed by atoms with E-state index >= 15 is 0 Å². The summed E-state index contributed by atoms with van der Waals surface area (Å²) < 4.78 is 0.886. The van der Waals surface area contributed by atoms with Crippen molar-refractivity contribution in [2.75, 3.05) is 0 Å². The molecule has 1 amide bonds. The number of nitrogens with two attached hydrogens (primary N) is 1. The molecule has 17 heavy (non-hydrogen) atoms. The molecule has 0 bridgehead atoms. The highest BCUT2D eigenvalue weighted by Crippen LogP contribution is 2.29. The fraction of sp³-hybridized carbons (Fsp3) is 0.417. The SMILES string of the molecule is CCC(NC(C)C(N)=O)c1cc(Br)ccc1O. The molecule has 1 aromatic carbocycles. The number of primary amides is 1. The van der Waals surface area contributed by atoms with Gasteiger partial charge in [-0.25, -0.2) is 0 Å². The lowest BCUT2D eigenvalue weighted by molar-refractivity contribution is -0.119. The first kappa shape index (κ1) is 14.0. The first-order chi connectivity index (χ1) is 7.95. The van der Waals surface area contributed by atoms with Crippen LogP contribution in [0, 0.1) is 0 Å². The van der Waals surface area contributed by atoms with E-state index < -0.39 is 11.9 Å². The number of phenols is 1. The molecule has 0 saturated heterocycles. The van der Waals surface area contributed by atoms with Gasteiger partial charge in [-0.1, -0.05) is 22.9 Å². The molecule has 4 N–H and O–H groups in total. The van der Waals surface area contributed by atoms with Crippen molar-refractivity contribution in [2.24, 2.45) is 5.73 Å². The minimum atomic E-state index is -0.432. The topological polar surface area (TPSA) is 75.3 Å². The fourth-order valence-electron chi connectivity index (χ4n) is 1.62. The van der Waals surface area contributed by atoms with Gasteiger partial charge in [0, 0.05) is 16.1 Å². The van der Waals surface area contributed by atoms with E-state index in [-0.39, 0.29) is 11.8 Å². The van der Waals surface area contributed by atoms with Gasteiger partial charge in [-0.3, -0.25) is 10.1 Å². The number of benzene rings is 1. The third-order valence-corrected chi connectivity index (χ3v) is 3.14. The smallest absolute Gasteiger partial charge is 0.234 e. The minimum Gasteiger partial charge on any atom is -0.508 e. The molecular formula is C12H17BrN2O2. The van der Waals surface area contributed by atoms with Crippen LogP contribution in [0.2, 0.25) is 0 Å². The molecular weight excluding hydrogens is 284 g/mol. The molecule has 0 saturated carbocycles. The van der Waals surface area contributed by atoms with Crippen LogP contribution in [-0.2, 0) is 4.79 Å². The van der Waals surface area contributed by atoms with Crippen LogP contribution in [0.15, 0.2) is 22.7 Å². The van der Waals surface area contributed by atoms with Crippen LogP contribution in [0.3, 0.4) is 0 Å². The number of nitrogens with one attached hydrogen (secondary N) is 1. The second kappa shape index (κ2) is 6.02. The van der Waals surface area contributed by atoms with E-state index in [1.165, 1.54) is 0 Å². The Hall–Kier alpha value is -1.07.